The van der Waals surface area contributed by atoms with Gasteiger partial charge in [-0.2, -0.15) is 11.3 Å². The van der Waals surface area contributed by atoms with Crippen LogP contribution in [-0.4, -0.2) is 19.0 Å². The first kappa shape index (κ1) is 12.8. The van der Waals surface area contributed by atoms with E-state index in [0.717, 1.165) is 5.56 Å². The lowest BCUT2D eigenvalue weighted by Crippen LogP contribution is -2.15. The highest BCUT2D eigenvalue weighted by Crippen LogP contribution is 2.23. The Kier molecular flexibility index (Phi) is 4.11. The summed E-state index contributed by atoms with van der Waals surface area (Å²) in [5.41, 5.74) is 1.47. The van der Waals surface area contributed by atoms with Gasteiger partial charge in [-0.3, -0.25) is 4.79 Å². The topological polar surface area (TPSA) is 55.4 Å². The van der Waals surface area contributed by atoms with Crippen molar-refractivity contribution in [2.45, 2.75) is 6.42 Å². The van der Waals surface area contributed by atoms with E-state index < -0.39 is 5.97 Å². The van der Waals surface area contributed by atoms with E-state index in [9.17, 15) is 9.59 Å². The van der Waals surface area contributed by atoms with Gasteiger partial charge in [0.1, 0.15) is 4.88 Å². The lowest BCUT2D eigenvalue weighted by Gasteiger charge is -2.04. The molecule has 0 saturated heterocycles. The maximum absolute atomic E-state index is 11.8. The largest absolute Gasteiger partial charge is 0.465 e. The Hall–Kier alpha value is -1.66. The van der Waals surface area contributed by atoms with Crippen LogP contribution in [0.3, 0.4) is 0 Å². The molecule has 6 heteroatoms. The summed E-state index contributed by atoms with van der Waals surface area (Å²) in [5, 5.41) is 8.31. The fourth-order valence-corrected chi connectivity index (χ4v) is 2.87. The van der Waals surface area contributed by atoms with Crippen molar-refractivity contribution in [3.05, 3.63) is 38.7 Å². The molecule has 2 aromatic rings. The van der Waals surface area contributed by atoms with Crippen LogP contribution in [0.2, 0.25) is 0 Å². The fourth-order valence-electron chi connectivity index (χ4n) is 1.43. The van der Waals surface area contributed by atoms with Gasteiger partial charge in [0.2, 0.25) is 5.91 Å². The van der Waals surface area contributed by atoms with Gasteiger partial charge in [-0.05, 0) is 33.8 Å². The Morgan fingerprint density at radius 2 is 2.17 bits per heavy atom. The summed E-state index contributed by atoms with van der Waals surface area (Å²) in [5.74, 6) is -0.576. The zero-order valence-electron chi connectivity index (χ0n) is 9.64. The van der Waals surface area contributed by atoms with Crippen molar-refractivity contribution in [2.75, 3.05) is 12.4 Å². The molecule has 0 aliphatic heterocycles. The van der Waals surface area contributed by atoms with Crippen molar-refractivity contribution in [3.8, 4) is 0 Å². The molecular weight excluding hydrogens is 270 g/mol. The molecule has 18 heavy (non-hydrogen) atoms. The number of carbonyl (C=O) groups is 2. The Morgan fingerprint density at radius 1 is 1.33 bits per heavy atom. The van der Waals surface area contributed by atoms with Gasteiger partial charge < -0.3 is 10.1 Å². The number of hydrogen-bond acceptors (Lipinski definition) is 5. The van der Waals surface area contributed by atoms with Gasteiger partial charge in [0.25, 0.3) is 0 Å². The third-order valence-corrected chi connectivity index (χ3v) is 3.88. The van der Waals surface area contributed by atoms with Crippen LogP contribution >= 0.6 is 22.7 Å². The van der Waals surface area contributed by atoms with Gasteiger partial charge in [0.15, 0.2) is 0 Å². The normalized spacial score (nSPS) is 10.1. The molecule has 0 fully saturated rings. The van der Waals surface area contributed by atoms with Gasteiger partial charge in [-0.1, -0.05) is 0 Å². The van der Waals surface area contributed by atoms with Gasteiger partial charge >= 0.3 is 5.97 Å². The van der Waals surface area contributed by atoms with E-state index in [-0.39, 0.29) is 5.91 Å². The minimum atomic E-state index is -0.434. The predicted molar refractivity (Wildman–Crippen MR) is 72.3 cm³/mol. The van der Waals surface area contributed by atoms with Crippen LogP contribution in [0, 0.1) is 0 Å². The molecule has 0 bridgehead atoms. The highest BCUT2D eigenvalue weighted by molar-refractivity contribution is 7.12. The summed E-state index contributed by atoms with van der Waals surface area (Å²) in [6.45, 7) is 0. The number of nitrogens with one attached hydrogen (secondary N) is 1. The number of rotatable bonds is 4. The summed E-state index contributed by atoms with van der Waals surface area (Å²) in [7, 11) is 1.32. The number of ether oxygens (including phenoxy) is 1. The number of carbonyl (C=O) groups excluding carboxylic acids is 2. The van der Waals surface area contributed by atoms with Crippen molar-refractivity contribution in [2.24, 2.45) is 0 Å². The smallest absolute Gasteiger partial charge is 0.350 e. The van der Waals surface area contributed by atoms with E-state index in [1.54, 1.807) is 22.8 Å². The molecule has 0 atom stereocenters. The molecule has 1 N–H and O–H groups in total. The number of esters is 1. The number of hydrogen-bond donors (Lipinski definition) is 1. The molecule has 4 nitrogen and oxygen atoms in total. The van der Waals surface area contributed by atoms with E-state index in [1.165, 1.54) is 18.4 Å². The molecule has 94 valence electrons. The van der Waals surface area contributed by atoms with Crippen LogP contribution in [0.1, 0.15) is 15.2 Å². The molecule has 0 spiro atoms. The zero-order valence-corrected chi connectivity index (χ0v) is 11.3. The van der Waals surface area contributed by atoms with E-state index in [1.807, 2.05) is 16.8 Å². The minimum Gasteiger partial charge on any atom is -0.465 e. The van der Waals surface area contributed by atoms with Crippen LogP contribution in [-0.2, 0) is 16.0 Å². The number of methoxy groups -OCH3 is 1. The molecule has 0 unspecified atom stereocenters. The highest BCUT2D eigenvalue weighted by atomic mass is 32.1. The van der Waals surface area contributed by atoms with E-state index in [2.05, 4.69) is 10.1 Å². The summed E-state index contributed by atoms with van der Waals surface area (Å²) in [4.78, 5) is 23.6. The molecule has 0 aliphatic rings. The second-order valence-corrected chi connectivity index (χ2v) is 5.21. The summed E-state index contributed by atoms with van der Waals surface area (Å²) < 4.78 is 4.64. The van der Waals surface area contributed by atoms with E-state index in [0.29, 0.717) is 17.0 Å². The van der Waals surface area contributed by atoms with Gasteiger partial charge in [0.05, 0.1) is 19.2 Å². The lowest BCUT2D eigenvalue weighted by molar-refractivity contribution is -0.115. The highest BCUT2D eigenvalue weighted by Gasteiger charge is 2.15. The van der Waals surface area contributed by atoms with Gasteiger partial charge in [-0.15, -0.1) is 11.3 Å². The fraction of sp³-hybridized carbons (Fsp3) is 0.167. The quantitative estimate of drug-likeness (QED) is 0.877. The molecule has 2 heterocycles. The van der Waals surface area contributed by atoms with Crippen LogP contribution in [0.15, 0.2) is 28.3 Å². The molecule has 0 aromatic carbocycles. The van der Waals surface area contributed by atoms with Crippen molar-refractivity contribution < 1.29 is 14.3 Å². The first-order valence-electron chi connectivity index (χ1n) is 5.17. The average molecular weight is 281 g/mol. The summed E-state index contributed by atoms with van der Waals surface area (Å²) in [6, 6.07) is 3.60. The first-order valence-corrected chi connectivity index (χ1v) is 6.99. The average Bonchev–Trinajstić information content (AvgIpc) is 2.99. The minimum absolute atomic E-state index is 0.142. The van der Waals surface area contributed by atoms with Crippen molar-refractivity contribution in [1.29, 1.82) is 0 Å². The van der Waals surface area contributed by atoms with Crippen LogP contribution in [0.5, 0.6) is 0 Å². The van der Waals surface area contributed by atoms with Crippen LogP contribution in [0.25, 0.3) is 0 Å². The Bertz CT molecular complexity index is 545. The van der Waals surface area contributed by atoms with Gasteiger partial charge in [0, 0.05) is 0 Å². The third kappa shape index (κ3) is 2.96. The zero-order chi connectivity index (χ0) is 13.0. The van der Waals surface area contributed by atoms with Crippen molar-refractivity contribution in [1.82, 2.24) is 0 Å². The Labute approximate surface area is 112 Å². The van der Waals surface area contributed by atoms with Crippen molar-refractivity contribution >= 4 is 40.2 Å². The van der Waals surface area contributed by atoms with Crippen LogP contribution in [0.4, 0.5) is 5.69 Å². The standard InChI is InChI=1S/C12H11NO3S2/c1-16-12(15)11-9(3-5-18-11)13-10(14)6-8-2-4-17-7-8/h2-5,7H,6H2,1H3,(H,13,14). The predicted octanol–water partition coefficient (Wildman–Crippen LogP) is 2.78. The second kappa shape index (κ2) is 5.79. The van der Waals surface area contributed by atoms with Crippen molar-refractivity contribution in [3.63, 3.8) is 0 Å². The summed E-state index contributed by atoms with van der Waals surface area (Å²) >= 11 is 2.79. The maximum atomic E-state index is 11.8. The number of amides is 1. The monoisotopic (exact) mass is 281 g/mol. The lowest BCUT2D eigenvalue weighted by atomic mass is 10.2. The molecular formula is C12H11NO3S2. The van der Waals surface area contributed by atoms with Crippen LogP contribution < -0.4 is 5.32 Å². The molecule has 0 saturated carbocycles. The Balaban J connectivity index is 2.03. The molecule has 1 amide bonds. The molecule has 2 aromatic heterocycles. The number of anilines is 1. The van der Waals surface area contributed by atoms with Gasteiger partial charge in [-0.25, -0.2) is 4.79 Å². The molecule has 0 radical (unpaired) electrons. The van der Waals surface area contributed by atoms with E-state index >= 15 is 0 Å². The first-order chi connectivity index (χ1) is 8.70. The van der Waals surface area contributed by atoms with E-state index in [4.69, 9.17) is 0 Å². The summed E-state index contributed by atoms with van der Waals surface area (Å²) in [6.07, 6.45) is 0.306. The maximum Gasteiger partial charge on any atom is 0.350 e. The Morgan fingerprint density at radius 3 is 2.83 bits per heavy atom. The molecule has 2 rings (SSSR count). The second-order valence-electron chi connectivity index (χ2n) is 3.51. The SMILES string of the molecule is COC(=O)c1sccc1NC(=O)Cc1ccsc1. The molecule has 0 aliphatic carbocycles. The number of thiophene rings is 2. The third-order valence-electron chi connectivity index (χ3n) is 2.25.